The molecule has 55 heavy (non-hydrogen) atoms. The number of allylic oxidation sites excluding steroid dienone is 5. The Morgan fingerprint density at radius 1 is 0.600 bits per heavy atom. The lowest BCUT2D eigenvalue weighted by Crippen LogP contribution is -2.45. The molecule has 0 spiro atoms. The molecule has 0 aromatic carbocycles. The van der Waals surface area contributed by atoms with Gasteiger partial charge in [-0.05, 0) is 51.4 Å². The maximum Gasteiger partial charge on any atom is 0.472 e. The molecule has 0 saturated heterocycles. The Hall–Kier alpha value is -1.28. The maximum atomic E-state index is 12.8. The van der Waals surface area contributed by atoms with Crippen molar-refractivity contribution in [2.45, 2.75) is 231 Å². The summed E-state index contributed by atoms with van der Waals surface area (Å²) in [5.41, 5.74) is 5.38. The van der Waals surface area contributed by atoms with Crippen molar-refractivity contribution < 1.29 is 28.4 Å². The van der Waals surface area contributed by atoms with Crippen LogP contribution in [0.15, 0.2) is 36.5 Å². The fraction of sp³-hybridized carbons (Fsp3) is 0.848. The van der Waals surface area contributed by atoms with E-state index in [9.17, 15) is 19.4 Å². The Kier molecular flexibility index (Phi) is 41.3. The molecule has 0 radical (unpaired) electrons. The van der Waals surface area contributed by atoms with E-state index in [0.717, 1.165) is 64.2 Å². The fourth-order valence-electron chi connectivity index (χ4n) is 6.69. The topological polar surface area (TPSA) is 131 Å². The molecular weight excluding hydrogens is 707 g/mol. The van der Waals surface area contributed by atoms with Crippen molar-refractivity contribution >= 4 is 13.7 Å². The number of phosphoric ester groups is 1. The van der Waals surface area contributed by atoms with Crippen LogP contribution in [0.5, 0.6) is 0 Å². The number of unbranched alkanes of at least 4 members (excludes halogenated alkanes) is 27. The third-order valence-corrected chi connectivity index (χ3v) is 11.2. The Labute approximate surface area is 340 Å². The summed E-state index contributed by atoms with van der Waals surface area (Å²) >= 11 is 0. The number of aliphatic hydroxyl groups excluding tert-OH is 1. The van der Waals surface area contributed by atoms with E-state index >= 15 is 0 Å². The highest BCUT2D eigenvalue weighted by atomic mass is 31.2. The van der Waals surface area contributed by atoms with E-state index in [4.69, 9.17) is 14.8 Å². The largest absolute Gasteiger partial charge is 0.472 e. The van der Waals surface area contributed by atoms with Crippen LogP contribution >= 0.6 is 7.82 Å². The van der Waals surface area contributed by atoms with Crippen molar-refractivity contribution in [1.29, 1.82) is 0 Å². The summed E-state index contributed by atoms with van der Waals surface area (Å²) in [6.07, 6.45) is 50.5. The van der Waals surface area contributed by atoms with Gasteiger partial charge in [-0.15, -0.1) is 0 Å². The van der Waals surface area contributed by atoms with E-state index in [1.807, 2.05) is 6.08 Å². The molecule has 0 saturated carbocycles. The second kappa shape index (κ2) is 42.3. The third-order valence-electron chi connectivity index (χ3n) is 10.2. The summed E-state index contributed by atoms with van der Waals surface area (Å²) in [5.74, 6) is -0.207. The van der Waals surface area contributed by atoms with Crippen LogP contribution in [-0.4, -0.2) is 47.8 Å². The first-order valence-corrected chi connectivity index (χ1v) is 24.6. The first kappa shape index (κ1) is 53.7. The van der Waals surface area contributed by atoms with Gasteiger partial charge < -0.3 is 21.1 Å². The number of phosphoric acid groups is 1. The van der Waals surface area contributed by atoms with Crippen LogP contribution in [-0.2, 0) is 18.4 Å². The standard InChI is InChI=1S/C46H89N2O6P/c1-3-5-7-9-11-13-15-17-19-20-21-22-23-24-26-27-29-31-33-35-37-39-45(49)44(43-54-55(51,52)53-42-41-47)48-46(50)40-38-36-34-32-30-28-25-18-16-14-12-10-8-6-4-2/h12,14,18,25,37,39,44-45,49H,3-11,13,15-17,19-24,26-36,38,40-43,47H2,1-2H3,(H,48,50)(H,51,52)/b14-12-,25-18-,39-37+. The Morgan fingerprint density at radius 2 is 1.00 bits per heavy atom. The van der Waals surface area contributed by atoms with Crippen LogP contribution in [0.3, 0.4) is 0 Å². The molecule has 9 heteroatoms. The van der Waals surface area contributed by atoms with Gasteiger partial charge in [-0.3, -0.25) is 13.8 Å². The molecule has 0 heterocycles. The van der Waals surface area contributed by atoms with Crippen LogP contribution in [0, 0.1) is 0 Å². The van der Waals surface area contributed by atoms with Gasteiger partial charge in [0.05, 0.1) is 25.4 Å². The average Bonchev–Trinajstić information content (AvgIpc) is 3.17. The third kappa shape index (κ3) is 40.7. The van der Waals surface area contributed by atoms with Crippen LogP contribution in [0.25, 0.3) is 0 Å². The smallest absolute Gasteiger partial charge is 0.387 e. The molecule has 0 aliphatic carbocycles. The van der Waals surface area contributed by atoms with Gasteiger partial charge in [0, 0.05) is 13.0 Å². The number of carbonyl (C=O) groups excluding carboxylic acids is 1. The second-order valence-electron chi connectivity index (χ2n) is 15.6. The fourth-order valence-corrected chi connectivity index (χ4v) is 7.45. The lowest BCUT2D eigenvalue weighted by atomic mass is 10.0. The van der Waals surface area contributed by atoms with Crippen molar-refractivity contribution in [2.75, 3.05) is 19.8 Å². The van der Waals surface area contributed by atoms with Crippen molar-refractivity contribution in [3.8, 4) is 0 Å². The highest BCUT2D eigenvalue weighted by Crippen LogP contribution is 2.43. The highest BCUT2D eigenvalue weighted by Gasteiger charge is 2.26. The number of nitrogens with one attached hydrogen (secondary N) is 1. The van der Waals surface area contributed by atoms with Gasteiger partial charge in [0.25, 0.3) is 0 Å². The molecule has 5 N–H and O–H groups in total. The van der Waals surface area contributed by atoms with E-state index in [-0.39, 0.29) is 25.7 Å². The summed E-state index contributed by atoms with van der Waals surface area (Å²) in [6.45, 7) is 4.11. The summed E-state index contributed by atoms with van der Waals surface area (Å²) in [6, 6.07) is -0.867. The highest BCUT2D eigenvalue weighted by molar-refractivity contribution is 7.47. The molecule has 0 rings (SSSR count). The lowest BCUT2D eigenvalue weighted by Gasteiger charge is -2.23. The normalized spacial score (nSPS) is 14.3. The predicted molar refractivity (Wildman–Crippen MR) is 235 cm³/mol. The number of hydrogen-bond acceptors (Lipinski definition) is 6. The molecule has 3 unspecified atom stereocenters. The van der Waals surface area contributed by atoms with Crippen molar-refractivity contribution in [3.63, 3.8) is 0 Å². The molecule has 0 fully saturated rings. The van der Waals surface area contributed by atoms with Crippen LogP contribution in [0.4, 0.5) is 0 Å². The van der Waals surface area contributed by atoms with Gasteiger partial charge in [0.15, 0.2) is 0 Å². The minimum atomic E-state index is -4.34. The minimum absolute atomic E-state index is 0.0759. The number of hydrogen-bond donors (Lipinski definition) is 4. The van der Waals surface area contributed by atoms with Crippen LogP contribution < -0.4 is 11.1 Å². The molecule has 0 aliphatic heterocycles. The van der Waals surface area contributed by atoms with Gasteiger partial charge in [0.1, 0.15) is 0 Å². The quantitative estimate of drug-likeness (QED) is 0.0274. The number of aliphatic hydroxyl groups is 1. The van der Waals surface area contributed by atoms with E-state index in [2.05, 4.69) is 43.5 Å². The van der Waals surface area contributed by atoms with Crippen LogP contribution in [0.1, 0.15) is 219 Å². The van der Waals surface area contributed by atoms with Gasteiger partial charge in [-0.2, -0.15) is 0 Å². The average molecular weight is 797 g/mol. The first-order valence-electron chi connectivity index (χ1n) is 23.1. The molecule has 0 aromatic heterocycles. The molecule has 0 aromatic rings. The zero-order valence-electron chi connectivity index (χ0n) is 35.9. The van der Waals surface area contributed by atoms with E-state index in [0.29, 0.717) is 6.42 Å². The summed E-state index contributed by atoms with van der Waals surface area (Å²) in [5, 5.41) is 13.7. The zero-order valence-corrected chi connectivity index (χ0v) is 36.8. The van der Waals surface area contributed by atoms with Gasteiger partial charge in [-0.25, -0.2) is 4.57 Å². The lowest BCUT2D eigenvalue weighted by molar-refractivity contribution is -0.123. The predicted octanol–water partition coefficient (Wildman–Crippen LogP) is 13.1. The van der Waals surface area contributed by atoms with E-state index < -0.39 is 20.0 Å². The molecule has 0 bridgehead atoms. The zero-order chi connectivity index (χ0) is 40.3. The molecule has 8 nitrogen and oxygen atoms in total. The SMILES string of the molecule is CCCCC/C=C\C/C=C\CCCCCCCC(=O)NC(COP(=O)(O)OCCN)C(O)/C=C/CCCCCCCCCCCCCCCCCCCCC. The van der Waals surface area contributed by atoms with Gasteiger partial charge in [-0.1, -0.05) is 198 Å². The Bertz CT molecular complexity index is 959. The van der Waals surface area contributed by atoms with Gasteiger partial charge >= 0.3 is 7.82 Å². The van der Waals surface area contributed by atoms with Crippen molar-refractivity contribution in [2.24, 2.45) is 5.73 Å². The van der Waals surface area contributed by atoms with E-state index in [1.54, 1.807) is 6.08 Å². The van der Waals surface area contributed by atoms with E-state index in [1.165, 1.54) is 135 Å². The minimum Gasteiger partial charge on any atom is -0.387 e. The molecule has 0 aliphatic rings. The summed E-state index contributed by atoms with van der Waals surface area (Å²) in [4.78, 5) is 22.7. The molecule has 1 amide bonds. The van der Waals surface area contributed by atoms with Crippen LogP contribution in [0.2, 0.25) is 0 Å². The number of carbonyl (C=O) groups is 1. The Morgan fingerprint density at radius 3 is 1.47 bits per heavy atom. The molecule has 3 atom stereocenters. The molecular formula is C46H89N2O6P. The second-order valence-corrected chi connectivity index (χ2v) is 17.1. The monoisotopic (exact) mass is 797 g/mol. The molecule has 324 valence electrons. The van der Waals surface area contributed by atoms with Crippen molar-refractivity contribution in [3.05, 3.63) is 36.5 Å². The van der Waals surface area contributed by atoms with Crippen molar-refractivity contribution in [1.82, 2.24) is 5.32 Å². The number of amides is 1. The number of nitrogens with two attached hydrogens (primary N) is 1. The summed E-state index contributed by atoms with van der Waals surface area (Å²) < 4.78 is 22.1. The van der Waals surface area contributed by atoms with Gasteiger partial charge in [0.2, 0.25) is 5.91 Å². The first-order chi connectivity index (χ1) is 26.9. The maximum absolute atomic E-state index is 12.8. The summed E-state index contributed by atoms with van der Waals surface area (Å²) in [7, 11) is -4.34. The number of rotatable bonds is 43. The Balaban J connectivity index is 4.17.